The van der Waals surface area contributed by atoms with Gasteiger partial charge in [-0.05, 0) is 38.3 Å². The van der Waals surface area contributed by atoms with Crippen LogP contribution in [0.1, 0.15) is 25.8 Å². The number of aliphatic imine (C=N–C) groups is 1. The van der Waals surface area contributed by atoms with Crippen molar-refractivity contribution in [1.29, 1.82) is 0 Å². The molecule has 2 rings (SSSR count). The number of nitrogens with one attached hydrogen (secondary N) is 1. The van der Waals surface area contributed by atoms with Crippen LogP contribution >= 0.6 is 24.0 Å². The first kappa shape index (κ1) is 18.2. The van der Waals surface area contributed by atoms with Crippen molar-refractivity contribution in [2.24, 2.45) is 4.99 Å². The van der Waals surface area contributed by atoms with E-state index in [0.29, 0.717) is 0 Å². The molecule has 0 aliphatic carbocycles. The number of rotatable bonds is 6. The van der Waals surface area contributed by atoms with Gasteiger partial charge in [0, 0.05) is 38.5 Å². The Morgan fingerprint density at radius 3 is 2.90 bits per heavy atom. The highest BCUT2D eigenvalue weighted by molar-refractivity contribution is 14.0. The monoisotopic (exact) mass is 403 g/mol. The highest BCUT2D eigenvalue weighted by Crippen LogP contribution is 2.27. The molecule has 1 aliphatic heterocycles. The molecule has 1 aromatic rings. The number of hydrogen-bond donors (Lipinski definition) is 1. The Morgan fingerprint density at radius 1 is 1.33 bits per heavy atom. The number of anilines is 1. The average Bonchev–Trinajstić information content (AvgIpc) is 2.90. The third kappa shape index (κ3) is 5.14. The van der Waals surface area contributed by atoms with Crippen LogP contribution in [0.25, 0.3) is 0 Å². The van der Waals surface area contributed by atoms with Gasteiger partial charge in [-0.1, -0.05) is 18.2 Å². The smallest absolute Gasteiger partial charge is 0.198 e. The molecule has 0 unspecified atom stereocenters. The van der Waals surface area contributed by atoms with Crippen molar-refractivity contribution in [3.05, 3.63) is 29.8 Å². The summed E-state index contributed by atoms with van der Waals surface area (Å²) < 4.78 is 5.35. The van der Waals surface area contributed by atoms with Crippen molar-refractivity contribution in [1.82, 2.24) is 5.32 Å². The van der Waals surface area contributed by atoms with E-state index in [9.17, 15) is 0 Å². The Bertz CT molecular complexity index is 451. The number of fused-ring (bicyclic) bond motifs is 1. The first-order valence-corrected chi connectivity index (χ1v) is 7.58. The van der Waals surface area contributed by atoms with Gasteiger partial charge in [-0.3, -0.25) is 4.99 Å². The third-order valence-corrected chi connectivity index (χ3v) is 3.39. The lowest BCUT2D eigenvalue weighted by molar-refractivity contribution is 0.146. The summed E-state index contributed by atoms with van der Waals surface area (Å²) in [6.45, 7) is 8.41. The summed E-state index contributed by atoms with van der Waals surface area (Å²) in [5.41, 5.74) is 2.70. The second-order valence-electron chi connectivity index (χ2n) is 4.82. The maximum atomic E-state index is 5.35. The fraction of sp³-hybridized carbons (Fsp3) is 0.562. The second kappa shape index (κ2) is 10.00. The maximum Gasteiger partial charge on any atom is 0.198 e. The number of para-hydroxylation sites is 1. The van der Waals surface area contributed by atoms with Crippen molar-refractivity contribution in [2.45, 2.75) is 26.7 Å². The lowest BCUT2D eigenvalue weighted by atomic mass is 10.2. The Hall–Kier alpha value is -0.820. The Labute approximate surface area is 145 Å². The molecule has 0 fully saturated rings. The van der Waals surface area contributed by atoms with E-state index < -0.39 is 0 Å². The summed E-state index contributed by atoms with van der Waals surface area (Å²) >= 11 is 0. The van der Waals surface area contributed by atoms with Crippen LogP contribution in [-0.4, -0.2) is 38.8 Å². The van der Waals surface area contributed by atoms with Crippen LogP contribution in [0, 0.1) is 0 Å². The van der Waals surface area contributed by atoms with E-state index in [1.807, 2.05) is 6.92 Å². The van der Waals surface area contributed by atoms with E-state index in [1.54, 1.807) is 0 Å². The van der Waals surface area contributed by atoms with E-state index in [4.69, 9.17) is 9.73 Å². The molecule has 21 heavy (non-hydrogen) atoms. The minimum Gasteiger partial charge on any atom is -0.382 e. The van der Waals surface area contributed by atoms with Crippen LogP contribution in [-0.2, 0) is 11.2 Å². The molecule has 1 N–H and O–H groups in total. The molecule has 1 aromatic carbocycles. The van der Waals surface area contributed by atoms with E-state index in [2.05, 4.69) is 41.4 Å². The van der Waals surface area contributed by atoms with Gasteiger partial charge in [0.25, 0.3) is 0 Å². The normalized spacial score (nSPS) is 13.8. The number of guanidine groups is 1. The van der Waals surface area contributed by atoms with Gasteiger partial charge >= 0.3 is 0 Å². The van der Waals surface area contributed by atoms with Gasteiger partial charge < -0.3 is 15.0 Å². The highest BCUT2D eigenvalue weighted by Gasteiger charge is 2.21. The minimum atomic E-state index is 0. The summed E-state index contributed by atoms with van der Waals surface area (Å²) in [6.07, 6.45) is 2.07. The SMILES string of the molecule is CCNC(=NCCCOCC)N1CCc2ccccc21.I. The van der Waals surface area contributed by atoms with Crippen LogP contribution in [0.4, 0.5) is 5.69 Å². The Balaban J connectivity index is 0.00000220. The molecular formula is C16H26IN3O. The summed E-state index contributed by atoms with van der Waals surface area (Å²) in [5, 5.41) is 3.39. The second-order valence-corrected chi connectivity index (χ2v) is 4.82. The predicted octanol–water partition coefficient (Wildman–Crippen LogP) is 3.06. The van der Waals surface area contributed by atoms with E-state index in [0.717, 1.165) is 51.6 Å². The fourth-order valence-electron chi connectivity index (χ4n) is 2.45. The Morgan fingerprint density at radius 2 is 2.14 bits per heavy atom. The average molecular weight is 403 g/mol. The summed E-state index contributed by atoms with van der Waals surface area (Å²) in [6, 6.07) is 8.58. The van der Waals surface area contributed by atoms with Crippen LogP contribution in [0.15, 0.2) is 29.3 Å². The van der Waals surface area contributed by atoms with Gasteiger partial charge in [0.1, 0.15) is 0 Å². The van der Waals surface area contributed by atoms with Crippen LogP contribution in [0.5, 0.6) is 0 Å². The summed E-state index contributed by atoms with van der Waals surface area (Å²) in [7, 11) is 0. The highest BCUT2D eigenvalue weighted by atomic mass is 127. The molecule has 0 saturated heterocycles. The van der Waals surface area contributed by atoms with Crippen LogP contribution in [0.3, 0.4) is 0 Å². The Kier molecular flexibility index (Phi) is 8.68. The molecular weight excluding hydrogens is 377 g/mol. The molecule has 0 radical (unpaired) electrons. The van der Waals surface area contributed by atoms with E-state index in [1.165, 1.54) is 11.3 Å². The molecule has 0 aromatic heterocycles. The van der Waals surface area contributed by atoms with Crippen molar-refractivity contribution in [3.63, 3.8) is 0 Å². The number of halogens is 1. The third-order valence-electron chi connectivity index (χ3n) is 3.39. The number of nitrogens with zero attached hydrogens (tertiary/aromatic N) is 2. The minimum absolute atomic E-state index is 0. The molecule has 1 aliphatic rings. The van der Waals surface area contributed by atoms with E-state index >= 15 is 0 Å². The molecule has 0 amide bonds. The lowest BCUT2D eigenvalue weighted by Crippen LogP contribution is -2.40. The van der Waals surface area contributed by atoms with Gasteiger partial charge in [-0.15, -0.1) is 24.0 Å². The fourth-order valence-corrected chi connectivity index (χ4v) is 2.45. The zero-order chi connectivity index (χ0) is 14.2. The molecule has 1 heterocycles. The lowest BCUT2D eigenvalue weighted by Gasteiger charge is -2.22. The van der Waals surface area contributed by atoms with Gasteiger partial charge in [0.2, 0.25) is 0 Å². The van der Waals surface area contributed by atoms with Gasteiger partial charge in [-0.25, -0.2) is 0 Å². The standard InChI is InChI=1S/C16H25N3O.HI/c1-3-17-16(18-11-7-13-20-4-2)19-12-10-14-8-5-6-9-15(14)19;/h5-6,8-9H,3-4,7,10-13H2,1-2H3,(H,17,18);1H. The largest absolute Gasteiger partial charge is 0.382 e. The van der Waals surface area contributed by atoms with Crippen molar-refractivity contribution in [2.75, 3.05) is 37.7 Å². The molecule has 5 heteroatoms. The topological polar surface area (TPSA) is 36.9 Å². The molecule has 0 spiro atoms. The van der Waals surface area contributed by atoms with Crippen molar-refractivity contribution >= 4 is 35.6 Å². The number of benzene rings is 1. The van der Waals surface area contributed by atoms with E-state index in [-0.39, 0.29) is 24.0 Å². The van der Waals surface area contributed by atoms with Crippen LogP contribution in [0.2, 0.25) is 0 Å². The van der Waals surface area contributed by atoms with Crippen molar-refractivity contribution in [3.8, 4) is 0 Å². The zero-order valence-corrected chi connectivity index (χ0v) is 15.3. The molecule has 0 bridgehead atoms. The van der Waals surface area contributed by atoms with Gasteiger partial charge in [-0.2, -0.15) is 0 Å². The number of ether oxygens (including phenoxy) is 1. The number of hydrogen-bond acceptors (Lipinski definition) is 2. The predicted molar refractivity (Wildman–Crippen MR) is 100.0 cm³/mol. The molecule has 0 atom stereocenters. The van der Waals surface area contributed by atoms with Crippen LogP contribution < -0.4 is 10.2 Å². The molecule has 4 nitrogen and oxygen atoms in total. The zero-order valence-electron chi connectivity index (χ0n) is 13.0. The maximum absolute atomic E-state index is 5.35. The summed E-state index contributed by atoms with van der Waals surface area (Å²) in [5.74, 6) is 0.994. The first-order chi connectivity index (χ1) is 9.86. The molecule has 118 valence electrons. The molecule has 0 saturated carbocycles. The summed E-state index contributed by atoms with van der Waals surface area (Å²) in [4.78, 5) is 7.01. The van der Waals surface area contributed by atoms with Gasteiger partial charge in [0.15, 0.2) is 5.96 Å². The van der Waals surface area contributed by atoms with Gasteiger partial charge in [0.05, 0.1) is 0 Å². The first-order valence-electron chi connectivity index (χ1n) is 7.58. The van der Waals surface area contributed by atoms with Crippen molar-refractivity contribution < 1.29 is 4.74 Å². The quantitative estimate of drug-likeness (QED) is 0.343.